The molecule has 1 aromatic carbocycles. The maximum absolute atomic E-state index is 12.2. The SMILES string of the molecule is C=CCNC(=O)c1ccc(NC(=O)C2(CN)CCC2)cc1. The smallest absolute Gasteiger partial charge is 0.251 e. The largest absolute Gasteiger partial charge is 0.349 e. The first-order chi connectivity index (χ1) is 10.1. The third kappa shape index (κ3) is 3.31. The molecule has 0 spiro atoms. The first-order valence-corrected chi connectivity index (χ1v) is 7.12. The number of carbonyl (C=O) groups is 2. The number of amides is 2. The van der Waals surface area contributed by atoms with Crippen molar-refractivity contribution >= 4 is 17.5 Å². The Balaban J connectivity index is 1.97. The van der Waals surface area contributed by atoms with E-state index in [-0.39, 0.29) is 11.8 Å². The van der Waals surface area contributed by atoms with Crippen LogP contribution >= 0.6 is 0 Å². The van der Waals surface area contributed by atoms with Gasteiger partial charge in [-0.15, -0.1) is 6.58 Å². The fourth-order valence-corrected chi connectivity index (χ4v) is 2.36. The number of hydrogen-bond donors (Lipinski definition) is 3. The molecule has 0 radical (unpaired) electrons. The molecule has 0 aliphatic heterocycles. The van der Waals surface area contributed by atoms with E-state index >= 15 is 0 Å². The molecule has 1 aliphatic carbocycles. The number of hydrogen-bond acceptors (Lipinski definition) is 3. The standard InChI is InChI=1S/C16H21N3O2/c1-2-10-18-14(20)12-4-6-13(7-5-12)19-15(21)16(11-17)8-3-9-16/h2,4-7H,1,3,8-11,17H2,(H,18,20)(H,19,21). The Morgan fingerprint density at radius 1 is 1.29 bits per heavy atom. The van der Waals surface area contributed by atoms with E-state index in [2.05, 4.69) is 17.2 Å². The van der Waals surface area contributed by atoms with E-state index in [9.17, 15) is 9.59 Å². The van der Waals surface area contributed by atoms with Crippen molar-refractivity contribution in [2.24, 2.45) is 11.1 Å². The van der Waals surface area contributed by atoms with E-state index in [0.29, 0.717) is 24.3 Å². The highest BCUT2D eigenvalue weighted by atomic mass is 16.2. The van der Waals surface area contributed by atoms with Crippen LogP contribution in [0.2, 0.25) is 0 Å². The molecule has 0 unspecified atom stereocenters. The van der Waals surface area contributed by atoms with Gasteiger partial charge < -0.3 is 16.4 Å². The molecular weight excluding hydrogens is 266 g/mol. The van der Waals surface area contributed by atoms with Crippen LogP contribution in [0.3, 0.4) is 0 Å². The third-order valence-corrected chi connectivity index (χ3v) is 3.99. The van der Waals surface area contributed by atoms with E-state index in [1.54, 1.807) is 30.3 Å². The molecule has 0 atom stereocenters. The highest BCUT2D eigenvalue weighted by Crippen LogP contribution is 2.40. The fourth-order valence-electron chi connectivity index (χ4n) is 2.36. The predicted octanol–water partition coefficient (Wildman–Crippen LogP) is 1.67. The minimum atomic E-state index is -0.403. The highest BCUT2D eigenvalue weighted by molar-refractivity contribution is 5.97. The number of nitrogens with one attached hydrogen (secondary N) is 2. The topological polar surface area (TPSA) is 84.2 Å². The first kappa shape index (κ1) is 15.3. The lowest BCUT2D eigenvalue weighted by atomic mass is 9.68. The number of carbonyl (C=O) groups excluding carboxylic acids is 2. The summed E-state index contributed by atoms with van der Waals surface area (Å²) in [5.41, 5.74) is 6.54. The molecule has 2 amide bonds. The number of nitrogens with two attached hydrogens (primary N) is 1. The first-order valence-electron chi connectivity index (χ1n) is 7.12. The van der Waals surface area contributed by atoms with Crippen molar-refractivity contribution in [2.75, 3.05) is 18.4 Å². The predicted molar refractivity (Wildman–Crippen MR) is 82.9 cm³/mol. The molecule has 1 fully saturated rings. The fraction of sp³-hybridized carbons (Fsp3) is 0.375. The van der Waals surface area contributed by atoms with Crippen LogP contribution in [0.5, 0.6) is 0 Å². The lowest BCUT2D eigenvalue weighted by Gasteiger charge is -2.39. The lowest BCUT2D eigenvalue weighted by molar-refractivity contribution is -0.129. The van der Waals surface area contributed by atoms with Crippen molar-refractivity contribution in [3.8, 4) is 0 Å². The quantitative estimate of drug-likeness (QED) is 0.696. The van der Waals surface area contributed by atoms with Gasteiger partial charge in [0.05, 0.1) is 5.41 Å². The maximum atomic E-state index is 12.2. The van der Waals surface area contributed by atoms with E-state index in [1.165, 1.54) is 0 Å². The van der Waals surface area contributed by atoms with Crippen LogP contribution in [0.1, 0.15) is 29.6 Å². The molecule has 112 valence electrons. The third-order valence-electron chi connectivity index (χ3n) is 3.99. The van der Waals surface area contributed by atoms with E-state index < -0.39 is 5.41 Å². The Morgan fingerprint density at radius 2 is 1.95 bits per heavy atom. The van der Waals surface area contributed by atoms with Gasteiger partial charge in [0.15, 0.2) is 0 Å². The lowest BCUT2D eigenvalue weighted by Crippen LogP contribution is -2.47. The van der Waals surface area contributed by atoms with Crippen molar-refractivity contribution in [2.45, 2.75) is 19.3 Å². The summed E-state index contributed by atoms with van der Waals surface area (Å²) in [6, 6.07) is 6.82. The van der Waals surface area contributed by atoms with Crippen LogP contribution in [-0.4, -0.2) is 24.9 Å². The van der Waals surface area contributed by atoms with E-state index in [0.717, 1.165) is 19.3 Å². The second-order valence-corrected chi connectivity index (χ2v) is 5.37. The van der Waals surface area contributed by atoms with Gasteiger partial charge >= 0.3 is 0 Å². The Morgan fingerprint density at radius 3 is 2.43 bits per heavy atom. The minimum absolute atomic E-state index is 0.0277. The minimum Gasteiger partial charge on any atom is -0.349 e. The van der Waals surface area contributed by atoms with Crippen molar-refractivity contribution in [1.29, 1.82) is 0 Å². The molecule has 1 aromatic rings. The van der Waals surface area contributed by atoms with Gasteiger partial charge in [-0.2, -0.15) is 0 Å². The number of rotatable bonds is 6. The second kappa shape index (κ2) is 6.54. The molecular formula is C16H21N3O2. The Hall–Kier alpha value is -2.14. The molecule has 0 saturated heterocycles. The summed E-state index contributed by atoms with van der Waals surface area (Å²) in [6.45, 7) is 4.35. The van der Waals surface area contributed by atoms with Gasteiger partial charge in [-0.25, -0.2) is 0 Å². The van der Waals surface area contributed by atoms with Gasteiger partial charge in [0, 0.05) is 24.3 Å². The summed E-state index contributed by atoms with van der Waals surface area (Å²) in [4.78, 5) is 24.0. The zero-order valence-corrected chi connectivity index (χ0v) is 12.0. The molecule has 1 saturated carbocycles. The Labute approximate surface area is 124 Å². The van der Waals surface area contributed by atoms with Crippen LogP contribution < -0.4 is 16.4 Å². The van der Waals surface area contributed by atoms with Crippen LogP contribution in [0.15, 0.2) is 36.9 Å². The maximum Gasteiger partial charge on any atom is 0.251 e. The zero-order valence-electron chi connectivity index (χ0n) is 12.0. The van der Waals surface area contributed by atoms with Crippen molar-refractivity contribution in [1.82, 2.24) is 5.32 Å². The van der Waals surface area contributed by atoms with Crippen LogP contribution in [0.25, 0.3) is 0 Å². The van der Waals surface area contributed by atoms with Crippen LogP contribution in [0.4, 0.5) is 5.69 Å². The number of anilines is 1. The molecule has 1 aliphatic rings. The molecule has 5 heteroatoms. The molecule has 0 heterocycles. The van der Waals surface area contributed by atoms with Gasteiger partial charge in [-0.05, 0) is 37.1 Å². The van der Waals surface area contributed by atoms with Crippen molar-refractivity contribution in [3.63, 3.8) is 0 Å². The summed E-state index contributed by atoms with van der Waals surface area (Å²) in [6.07, 6.45) is 4.36. The van der Waals surface area contributed by atoms with Gasteiger partial charge in [-0.3, -0.25) is 9.59 Å². The van der Waals surface area contributed by atoms with Crippen LogP contribution in [0, 0.1) is 5.41 Å². The van der Waals surface area contributed by atoms with Gasteiger partial charge in [0.1, 0.15) is 0 Å². The van der Waals surface area contributed by atoms with Gasteiger partial charge in [-0.1, -0.05) is 12.5 Å². The average molecular weight is 287 g/mol. The summed E-state index contributed by atoms with van der Waals surface area (Å²) in [5, 5.41) is 5.58. The molecule has 0 bridgehead atoms. The molecule has 2 rings (SSSR count). The van der Waals surface area contributed by atoms with Gasteiger partial charge in [0.25, 0.3) is 5.91 Å². The average Bonchev–Trinajstić information content (AvgIpc) is 2.45. The summed E-state index contributed by atoms with van der Waals surface area (Å²) in [7, 11) is 0. The summed E-state index contributed by atoms with van der Waals surface area (Å²) in [5.74, 6) is -0.190. The molecule has 0 aromatic heterocycles. The van der Waals surface area contributed by atoms with E-state index in [1.807, 2.05) is 0 Å². The molecule has 4 N–H and O–H groups in total. The van der Waals surface area contributed by atoms with Gasteiger partial charge in [0.2, 0.25) is 5.91 Å². The molecule has 5 nitrogen and oxygen atoms in total. The second-order valence-electron chi connectivity index (χ2n) is 5.37. The monoisotopic (exact) mass is 287 g/mol. The summed E-state index contributed by atoms with van der Waals surface area (Å²) >= 11 is 0. The highest BCUT2D eigenvalue weighted by Gasteiger charge is 2.42. The van der Waals surface area contributed by atoms with Crippen molar-refractivity contribution < 1.29 is 9.59 Å². The number of benzene rings is 1. The van der Waals surface area contributed by atoms with Crippen LogP contribution in [-0.2, 0) is 4.79 Å². The normalized spacial score (nSPS) is 15.7. The van der Waals surface area contributed by atoms with Crippen molar-refractivity contribution in [3.05, 3.63) is 42.5 Å². The van der Waals surface area contributed by atoms with E-state index in [4.69, 9.17) is 5.73 Å². The zero-order chi connectivity index (χ0) is 15.3. The summed E-state index contributed by atoms with van der Waals surface area (Å²) < 4.78 is 0. The molecule has 21 heavy (non-hydrogen) atoms. The Bertz CT molecular complexity index is 527. The Kier molecular flexibility index (Phi) is 4.75.